The van der Waals surface area contributed by atoms with Gasteiger partial charge in [0.1, 0.15) is 17.2 Å². The molecule has 9 heteroatoms. The molecule has 1 N–H and O–H groups in total. The van der Waals surface area contributed by atoms with Gasteiger partial charge in [-0.3, -0.25) is 14.7 Å². The third kappa shape index (κ3) is 7.79. The molecule has 2 fully saturated rings. The largest absolute Gasteiger partial charge is 0.497 e. The van der Waals surface area contributed by atoms with Crippen molar-refractivity contribution in [3.63, 3.8) is 0 Å². The number of aromatic nitrogens is 1. The Balaban J connectivity index is 0.959. The van der Waals surface area contributed by atoms with Crippen molar-refractivity contribution >= 4 is 32.7 Å². The standard InChI is InChI=1S/C49H52BrN5O3/c1-49(58-34-39(56)33-53-24-22-52(23-25-53)32-35-12-11-17-40(30-35)57-2)43-19-10-9-18-41(43)45-42-31-38(50)20-21-44(42)51-48(46(45)49)55-28-26-54(27-29-55)47(36-13-5-3-6-14-36)37-15-7-4-8-16-37/h3-21,30-31,39,47,56H,22-29,32-34H2,1-2H3. The second-order valence-corrected chi connectivity index (χ2v) is 17.0. The van der Waals surface area contributed by atoms with Gasteiger partial charge in [0.2, 0.25) is 0 Å². The highest BCUT2D eigenvalue weighted by atomic mass is 79.9. The molecule has 0 spiro atoms. The lowest BCUT2D eigenvalue weighted by Gasteiger charge is -2.42. The van der Waals surface area contributed by atoms with E-state index in [2.05, 4.69) is 164 Å². The molecule has 1 aliphatic carbocycles. The van der Waals surface area contributed by atoms with Crippen LogP contribution in [-0.4, -0.2) is 104 Å². The zero-order valence-electron chi connectivity index (χ0n) is 33.4. The van der Waals surface area contributed by atoms with Crippen molar-refractivity contribution in [2.24, 2.45) is 0 Å². The van der Waals surface area contributed by atoms with Crippen LogP contribution in [0.25, 0.3) is 22.0 Å². The van der Waals surface area contributed by atoms with Crippen LogP contribution in [0.5, 0.6) is 5.75 Å². The first-order valence-corrected chi connectivity index (χ1v) is 21.4. The zero-order chi connectivity index (χ0) is 39.6. The molecule has 0 bridgehead atoms. The number of halogens is 1. The van der Waals surface area contributed by atoms with E-state index in [0.29, 0.717) is 6.54 Å². The number of hydrogen-bond donors (Lipinski definition) is 1. The molecule has 8 nitrogen and oxygen atoms in total. The quantitative estimate of drug-likeness (QED) is 0.132. The molecule has 3 heterocycles. The maximum absolute atomic E-state index is 11.6. The Bertz CT molecular complexity index is 2310. The third-order valence-electron chi connectivity index (χ3n) is 12.4. The second-order valence-electron chi connectivity index (χ2n) is 16.1. The molecule has 0 amide bonds. The van der Waals surface area contributed by atoms with Crippen LogP contribution in [-0.2, 0) is 16.9 Å². The maximum atomic E-state index is 11.6. The van der Waals surface area contributed by atoms with Crippen molar-refractivity contribution < 1.29 is 14.6 Å². The molecule has 58 heavy (non-hydrogen) atoms. The Morgan fingerprint density at radius 1 is 0.741 bits per heavy atom. The lowest BCUT2D eigenvalue weighted by molar-refractivity contribution is -0.0580. The van der Waals surface area contributed by atoms with Gasteiger partial charge in [-0.1, -0.05) is 113 Å². The van der Waals surface area contributed by atoms with Gasteiger partial charge < -0.3 is 19.5 Å². The highest BCUT2D eigenvalue weighted by molar-refractivity contribution is 9.10. The topological polar surface area (TPSA) is 64.5 Å². The van der Waals surface area contributed by atoms with Gasteiger partial charge in [-0.15, -0.1) is 0 Å². The van der Waals surface area contributed by atoms with E-state index in [-0.39, 0.29) is 12.6 Å². The van der Waals surface area contributed by atoms with Crippen LogP contribution in [0.3, 0.4) is 0 Å². The molecular formula is C49H52BrN5O3. The minimum Gasteiger partial charge on any atom is -0.497 e. The zero-order valence-corrected chi connectivity index (χ0v) is 35.0. The number of aliphatic hydroxyl groups excluding tert-OH is 1. The molecule has 2 atom stereocenters. The van der Waals surface area contributed by atoms with Crippen molar-refractivity contribution in [1.82, 2.24) is 19.7 Å². The first-order valence-electron chi connectivity index (χ1n) is 20.6. The number of piperazine rings is 2. The van der Waals surface area contributed by atoms with E-state index in [1.807, 2.05) is 6.07 Å². The molecule has 2 aliphatic heterocycles. The number of β-amino-alcohol motifs (C(OH)–C–C–N with tert-alkyl or cyclic N) is 1. The second kappa shape index (κ2) is 16.9. The number of nitrogens with zero attached hydrogens (tertiary/aromatic N) is 5. The summed E-state index contributed by atoms with van der Waals surface area (Å²) in [5, 5.41) is 12.7. The van der Waals surface area contributed by atoms with Crippen molar-refractivity contribution in [2.75, 3.05) is 77.5 Å². The number of pyridine rings is 1. The summed E-state index contributed by atoms with van der Waals surface area (Å²) in [6.45, 7) is 11.0. The number of benzene rings is 5. The molecule has 2 saturated heterocycles. The van der Waals surface area contributed by atoms with Crippen LogP contribution in [0.15, 0.2) is 132 Å². The summed E-state index contributed by atoms with van der Waals surface area (Å²) in [4.78, 5) is 15.4. The Labute approximate surface area is 350 Å². The number of hydrogen-bond acceptors (Lipinski definition) is 8. The SMILES string of the molecule is COc1cccc(CN2CCN(CC(O)COC3(C)c4ccccc4-c4c3c(N3CCN(C(c5ccccc5)c5ccccc5)CC3)nc3ccc(Br)cc43)CC2)c1. The summed E-state index contributed by atoms with van der Waals surface area (Å²) in [5.74, 6) is 1.86. The monoisotopic (exact) mass is 837 g/mol. The summed E-state index contributed by atoms with van der Waals surface area (Å²) in [7, 11) is 1.71. The van der Waals surface area contributed by atoms with Gasteiger partial charge in [-0.25, -0.2) is 4.98 Å². The fraction of sp³-hybridized carbons (Fsp3) is 0.327. The van der Waals surface area contributed by atoms with Gasteiger partial charge in [0.15, 0.2) is 0 Å². The summed E-state index contributed by atoms with van der Waals surface area (Å²) in [5.41, 5.74) is 8.58. The molecule has 5 aromatic carbocycles. The van der Waals surface area contributed by atoms with Gasteiger partial charge in [0.25, 0.3) is 0 Å². The Kier molecular flexibility index (Phi) is 11.4. The summed E-state index contributed by atoms with van der Waals surface area (Å²) >= 11 is 3.76. The minimum atomic E-state index is -0.811. The maximum Gasteiger partial charge on any atom is 0.136 e. The summed E-state index contributed by atoms with van der Waals surface area (Å²) in [6.07, 6.45) is -0.638. The summed E-state index contributed by atoms with van der Waals surface area (Å²) in [6, 6.07) is 45.3. The molecule has 3 aliphatic rings. The van der Waals surface area contributed by atoms with E-state index >= 15 is 0 Å². The molecule has 2 unspecified atom stereocenters. The van der Waals surface area contributed by atoms with Gasteiger partial charge in [0.05, 0.1) is 31.4 Å². The highest BCUT2D eigenvalue weighted by Gasteiger charge is 2.46. The predicted molar refractivity (Wildman–Crippen MR) is 237 cm³/mol. The van der Waals surface area contributed by atoms with Crippen LogP contribution >= 0.6 is 15.9 Å². The number of methoxy groups -OCH3 is 1. The lowest BCUT2D eigenvalue weighted by atomic mass is 9.92. The van der Waals surface area contributed by atoms with Crippen molar-refractivity contribution in [2.45, 2.75) is 31.2 Å². The Morgan fingerprint density at radius 2 is 1.41 bits per heavy atom. The van der Waals surface area contributed by atoms with Crippen LogP contribution in [0.1, 0.15) is 40.8 Å². The molecular weight excluding hydrogens is 786 g/mol. The Morgan fingerprint density at radius 3 is 2.12 bits per heavy atom. The van der Waals surface area contributed by atoms with Crippen LogP contribution in [0.4, 0.5) is 5.82 Å². The first-order chi connectivity index (χ1) is 28.4. The Hall–Kier alpha value is -4.61. The van der Waals surface area contributed by atoms with Gasteiger partial charge in [-0.2, -0.15) is 0 Å². The number of fused-ring (bicyclic) bond motifs is 5. The highest BCUT2D eigenvalue weighted by Crippen LogP contribution is 2.55. The molecule has 298 valence electrons. The number of aliphatic hydroxyl groups is 1. The van der Waals surface area contributed by atoms with Crippen LogP contribution in [0, 0.1) is 0 Å². The normalized spacial score (nSPS) is 19.4. The smallest absolute Gasteiger partial charge is 0.136 e. The number of anilines is 1. The van der Waals surface area contributed by atoms with Crippen molar-refractivity contribution in [1.29, 1.82) is 0 Å². The van der Waals surface area contributed by atoms with E-state index < -0.39 is 11.7 Å². The number of ether oxygens (including phenoxy) is 2. The lowest BCUT2D eigenvalue weighted by Crippen LogP contribution is -2.49. The third-order valence-corrected chi connectivity index (χ3v) is 12.9. The molecule has 1 aromatic heterocycles. The minimum absolute atomic E-state index is 0.174. The van der Waals surface area contributed by atoms with E-state index in [1.54, 1.807) is 7.11 Å². The average molecular weight is 839 g/mol. The molecule has 9 rings (SSSR count). The average Bonchev–Trinajstić information content (AvgIpc) is 3.53. The van der Waals surface area contributed by atoms with E-state index in [0.717, 1.165) is 97.0 Å². The molecule has 0 radical (unpaired) electrons. The molecule has 6 aromatic rings. The fourth-order valence-electron chi connectivity index (χ4n) is 9.43. The van der Waals surface area contributed by atoms with E-state index in [4.69, 9.17) is 14.5 Å². The summed E-state index contributed by atoms with van der Waals surface area (Å²) < 4.78 is 13.5. The van der Waals surface area contributed by atoms with Gasteiger partial charge >= 0.3 is 0 Å². The first kappa shape index (κ1) is 38.9. The molecule has 0 saturated carbocycles. The van der Waals surface area contributed by atoms with E-state index in [9.17, 15) is 5.11 Å². The fourth-order valence-corrected chi connectivity index (χ4v) is 9.79. The van der Waals surface area contributed by atoms with Crippen LogP contribution in [0.2, 0.25) is 0 Å². The van der Waals surface area contributed by atoms with Gasteiger partial charge in [0, 0.05) is 86.4 Å². The van der Waals surface area contributed by atoms with Crippen molar-refractivity contribution in [3.8, 4) is 16.9 Å². The van der Waals surface area contributed by atoms with Crippen LogP contribution < -0.4 is 9.64 Å². The van der Waals surface area contributed by atoms with E-state index in [1.165, 1.54) is 27.8 Å². The predicted octanol–water partition coefficient (Wildman–Crippen LogP) is 8.36. The van der Waals surface area contributed by atoms with Crippen molar-refractivity contribution in [3.05, 3.63) is 160 Å². The van der Waals surface area contributed by atoms with Gasteiger partial charge in [-0.05, 0) is 65.1 Å². The number of rotatable bonds is 12.